The molecule has 0 unspecified atom stereocenters. The van der Waals surface area contributed by atoms with Gasteiger partial charge in [0, 0.05) is 17.8 Å². The number of ether oxygens (including phenoxy) is 1. The fraction of sp³-hybridized carbons (Fsp3) is 0.0833. The maximum absolute atomic E-state index is 12.4. The molecule has 0 saturated carbocycles. The second kappa shape index (κ2) is 8.84. The van der Waals surface area contributed by atoms with E-state index in [0.29, 0.717) is 51.4 Å². The predicted octanol–water partition coefficient (Wildman–Crippen LogP) is 5.17. The topological polar surface area (TPSA) is 91.7 Å². The molecule has 0 amide bonds. The van der Waals surface area contributed by atoms with Gasteiger partial charge in [0.25, 0.3) is 0 Å². The zero-order chi connectivity index (χ0) is 22.8. The van der Waals surface area contributed by atoms with E-state index in [-0.39, 0.29) is 0 Å². The van der Waals surface area contributed by atoms with Gasteiger partial charge in [0.15, 0.2) is 11.5 Å². The Labute approximate surface area is 193 Å². The van der Waals surface area contributed by atoms with E-state index in [1.807, 2.05) is 53.1 Å². The van der Waals surface area contributed by atoms with E-state index in [0.717, 1.165) is 11.3 Å². The molecule has 1 aromatic carbocycles. The summed E-state index contributed by atoms with van der Waals surface area (Å²) in [7, 11) is 0. The molecular formula is C24H18ClFN6O. The van der Waals surface area contributed by atoms with Crippen LogP contribution in [0, 0.1) is 0 Å². The van der Waals surface area contributed by atoms with Gasteiger partial charge < -0.3 is 10.5 Å². The number of rotatable bonds is 6. The Morgan fingerprint density at radius 1 is 0.939 bits per heavy atom. The van der Waals surface area contributed by atoms with Crippen LogP contribution in [0.15, 0.2) is 73.1 Å². The van der Waals surface area contributed by atoms with Crippen LogP contribution in [0.3, 0.4) is 0 Å². The van der Waals surface area contributed by atoms with Gasteiger partial charge in [-0.15, -0.1) is 11.6 Å². The average molecular weight is 461 g/mol. The molecule has 5 rings (SSSR count). The van der Waals surface area contributed by atoms with E-state index >= 15 is 0 Å². The zero-order valence-corrected chi connectivity index (χ0v) is 18.1. The van der Waals surface area contributed by atoms with Crippen molar-refractivity contribution in [1.82, 2.24) is 24.5 Å². The number of imidazole rings is 1. The third kappa shape index (κ3) is 3.96. The lowest BCUT2D eigenvalue weighted by Crippen LogP contribution is -2.02. The highest BCUT2D eigenvalue weighted by Crippen LogP contribution is 2.31. The molecule has 0 fully saturated rings. The first kappa shape index (κ1) is 20.8. The molecule has 4 aromatic heterocycles. The van der Waals surface area contributed by atoms with E-state index in [1.54, 1.807) is 18.3 Å². The molecule has 164 valence electrons. The number of pyridine rings is 3. The molecular weight excluding hydrogens is 443 g/mol. The fourth-order valence-electron chi connectivity index (χ4n) is 3.55. The lowest BCUT2D eigenvalue weighted by molar-refractivity contribution is 0.191. The SMILES string of the molecule is Nc1ncccc1-c1nc2ccc(-c3ccc(OCF)cn3)nc2n1-c1ccc(CCl)cc1. The van der Waals surface area contributed by atoms with Gasteiger partial charge in [0.05, 0.1) is 23.1 Å². The number of alkyl halides is 2. The molecule has 7 nitrogen and oxygen atoms in total. The first-order valence-electron chi connectivity index (χ1n) is 10.1. The molecule has 0 atom stereocenters. The summed E-state index contributed by atoms with van der Waals surface area (Å²) in [5, 5.41) is 0. The molecule has 0 bridgehead atoms. The first-order chi connectivity index (χ1) is 16.2. The second-order valence-electron chi connectivity index (χ2n) is 7.18. The van der Waals surface area contributed by atoms with Crippen LogP contribution in [0.4, 0.5) is 10.2 Å². The maximum Gasteiger partial charge on any atom is 0.228 e. The lowest BCUT2D eigenvalue weighted by atomic mass is 10.2. The Balaban J connectivity index is 1.71. The van der Waals surface area contributed by atoms with Gasteiger partial charge in [-0.05, 0) is 54.1 Å². The van der Waals surface area contributed by atoms with E-state index in [1.165, 1.54) is 6.20 Å². The Morgan fingerprint density at radius 2 is 1.76 bits per heavy atom. The van der Waals surface area contributed by atoms with Crippen molar-refractivity contribution in [3.05, 3.63) is 78.6 Å². The third-order valence-electron chi connectivity index (χ3n) is 5.15. The van der Waals surface area contributed by atoms with Crippen LogP contribution in [-0.2, 0) is 5.88 Å². The van der Waals surface area contributed by atoms with Gasteiger partial charge in [0.2, 0.25) is 6.86 Å². The summed E-state index contributed by atoms with van der Waals surface area (Å²) in [4.78, 5) is 18.2. The molecule has 5 aromatic rings. The normalized spacial score (nSPS) is 11.1. The molecule has 0 radical (unpaired) electrons. The minimum atomic E-state index is -0.910. The maximum atomic E-state index is 12.4. The molecule has 9 heteroatoms. The van der Waals surface area contributed by atoms with Gasteiger partial charge in [-0.1, -0.05) is 12.1 Å². The molecule has 0 aliphatic carbocycles. The minimum absolute atomic E-state index is 0.348. The van der Waals surface area contributed by atoms with Gasteiger partial charge >= 0.3 is 0 Å². The number of nitrogens with two attached hydrogens (primary N) is 1. The van der Waals surface area contributed by atoms with Crippen molar-refractivity contribution in [1.29, 1.82) is 0 Å². The number of hydrogen-bond acceptors (Lipinski definition) is 6. The van der Waals surface area contributed by atoms with Gasteiger partial charge in [-0.2, -0.15) is 0 Å². The highest BCUT2D eigenvalue weighted by molar-refractivity contribution is 6.17. The van der Waals surface area contributed by atoms with Crippen LogP contribution in [0.5, 0.6) is 5.75 Å². The van der Waals surface area contributed by atoms with Crippen LogP contribution in [0.2, 0.25) is 0 Å². The summed E-state index contributed by atoms with van der Waals surface area (Å²) in [5.41, 5.74) is 11.3. The predicted molar refractivity (Wildman–Crippen MR) is 126 cm³/mol. The fourth-order valence-corrected chi connectivity index (χ4v) is 3.72. The summed E-state index contributed by atoms with van der Waals surface area (Å²) >= 11 is 5.97. The number of halogens is 2. The first-order valence-corrected chi connectivity index (χ1v) is 10.6. The minimum Gasteiger partial charge on any atom is -0.461 e. The van der Waals surface area contributed by atoms with E-state index in [2.05, 4.69) is 9.97 Å². The van der Waals surface area contributed by atoms with Crippen LogP contribution < -0.4 is 10.5 Å². The Bertz CT molecular complexity index is 1420. The lowest BCUT2D eigenvalue weighted by Gasteiger charge is -2.11. The Hall–Kier alpha value is -4.04. The highest BCUT2D eigenvalue weighted by Gasteiger charge is 2.19. The average Bonchev–Trinajstić information content (AvgIpc) is 3.23. The molecule has 0 saturated heterocycles. The monoisotopic (exact) mass is 460 g/mol. The van der Waals surface area contributed by atoms with E-state index in [4.69, 9.17) is 32.0 Å². The Kier molecular flexibility index (Phi) is 5.58. The van der Waals surface area contributed by atoms with Crippen molar-refractivity contribution in [3.63, 3.8) is 0 Å². The standard InChI is InChI=1S/C24H18ClFN6O/c25-12-15-3-5-16(6-4-15)32-23(18-2-1-11-28-22(18)27)31-21-10-9-20(30-24(21)32)19-8-7-17(13-29-19)33-14-26/h1-11,13H,12,14H2,(H2,27,28). The number of nitrogens with zero attached hydrogens (tertiary/aromatic N) is 5. The quantitative estimate of drug-likeness (QED) is 0.351. The molecule has 0 spiro atoms. The summed E-state index contributed by atoms with van der Waals surface area (Å²) < 4.78 is 19.2. The van der Waals surface area contributed by atoms with Gasteiger partial charge in [0.1, 0.15) is 17.1 Å². The molecule has 4 heterocycles. The zero-order valence-electron chi connectivity index (χ0n) is 17.3. The van der Waals surface area contributed by atoms with Gasteiger partial charge in [-0.3, -0.25) is 9.55 Å². The van der Waals surface area contributed by atoms with Crippen molar-refractivity contribution >= 4 is 28.6 Å². The van der Waals surface area contributed by atoms with Crippen LogP contribution in [0.25, 0.3) is 39.6 Å². The van der Waals surface area contributed by atoms with Crippen LogP contribution >= 0.6 is 11.6 Å². The molecule has 0 aliphatic rings. The van der Waals surface area contributed by atoms with Crippen molar-refractivity contribution in [3.8, 4) is 34.2 Å². The molecule has 2 N–H and O–H groups in total. The number of fused-ring (bicyclic) bond motifs is 1. The van der Waals surface area contributed by atoms with E-state index < -0.39 is 6.86 Å². The third-order valence-corrected chi connectivity index (χ3v) is 5.46. The smallest absolute Gasteiger partial charge is 0.228 e. The van der Waals surface area contributed by atoms with Crippen LogP contribution in [0.1, 0.15) is 5.56 Å². The number of anilines is 1. The van der Waals surface area contributed by atoms with Crippen molar-refractivity contribution in [2.75, 3.05) is 12.6 Å². The second-order valence-corrected chi connectivity index (χ2v) is 7.45. The number of benzene rings is 1. The van der Waals surface area contributed by atoms with E-state index in [9.17, 15) is 4.39 Å². The van der Waals surface area contributed by atoms with Gasteiger partial charge in [-0.25, -0.2) is 19.3 Å². The number of aromatic nitrogens is 5. The largest absolute Gasteiger partial charge is 0.461 e. The van der Waals surface area contributed by atoms with Crippen molar-refractivity contribution in [2.45, 2.75) is 5.88 Å². The summed E-state index contributed by atoms with van der Waals surface area (Å²) in [5.74, 6) is 1.76. The number of nitrogen functional groups attached to an aromatic ring is 1. The molecule has 33 heavy (non-hydrogen) atoms. The van der Waals surface area contributed by atoms with Crippen molar-refractivity contribution in [2.24, 2.45) is 0 Å². The summed E-state index contributed by atoms with van der Waals surface area (Å²) in [6, 6.07) is 18.6. The van der Waals surface area contributed by atoms with Crippen LogP contribution in [-0.4, -0.2) is 31.4 Å². The molecule has 0 aliphatic heterocycles. The summed E-state index contributed by atoms with van der Waals surface area (Å²) in [6.45, 7) is -0.910. The highest BCUT2D eigenvalue weighted by atomic mass is 35.5. The Morgan fingerprint density at radius 3 is 2.45 bits per heavy atom. The number of hydrogen-bond donors (Lipinski definition) is 1. The summed E-state index contributed by atoms with van der Waals surface area (Å²) in [6.07, 6.45) is 3.10. The van der Waals surface area contributed by atoms with Crippen molar-refractivity contribution < 1.29 is 9.13 Å².